The van der Waals surface area contributed by atoms with Crippen molar-refractivity contribution in [2.45, 2.75) is 83.7 Å². The van der Waals surface area contributed by atoms with Crippen LogP contribution in [0, 0.1) is 5.82 Å². The zero-order valence-electron chi connectivity index (χ0n) is 27.4. The number of carbonyl (C=O) groups is 1. The van der Waals surface area contributed by atoms with E-state index < -0.39 is 11.4 Å². The minimum absolute atomic E-state index is 0.00143. The Bertz CT molecular complexity index is 1980. The summed E-state index contributed by atoms with van der Waals surface area (Å²) < 4.78 is 24.3. The second-order valence-corrected chi connectivity index (χ2v) is 12.4. The number of hydrogen-bond donors (Lipinski definition) is 2. The second-order valence-electron chi connectivity index (χ2n) is 12.4. The molecule has 0 radical (unpaired) electrons. The van der Waals surface area contributed by atoms with Gasteiger partial charge in [0.25, 0.3) is 5.56 Å². The van der Waals surface area contributed by atoms with Gasteiger partial charge in [-0.15, -0.1) is 0 Å². The predicted octanol–water partition coefficient (Wildman–Crippen LogP) is 7.10. The van der Waals surface area contributed by atoms with Gasteiger partial charge in [0.15, 0.2) is 5.82 Å². The number of esters is 1. The van der Waals surface area contributed by atoms with Crippen LogP contribution in [0.2, 0.25) is 0 Å². The van der Waals surface area contributed by atoms with E-state index in [0.29, 0.717) is 33.8 Å². The van der Waals surface area contributed by atoms with Crippen LogP contribution in [0.15, 0.2) is 59.8 Å². The standard InChI is InChI=1S/C36H41FN8O3/c1-3-4-5-6-7-8-9-13-31(46)48-22-28-27(33-41-35(38)43-36(42-33)40-26-20-39-44(2)21-26)11-10-12-30(28)45-17-16-24-18-25(23-14-15-23)19-29(37)32(24)34(45)47/h10-12,16-21,23H,3-9,13-15,22H2,1-2H3,(H3,38,40,41,42,43). The smallest absolute Gasteiger partial charge is 0.306 e. The second kappa shape index (κ2) is 14.7. The molecule has 11 nitrogen and oxygen atoms in total. The molecule has 0 bridgehead atoms. The Morgan fingerprint density at radius 3 is 2.60 bits per heavy atom. The van der Waals surface area contributed by atoms with E-state index in [9.17, 15) is 9.59 Å². The molecule has 1 aliphatic rings. The monoisotopic (exact) mass is 652 g/mol. The van der Waals surface area contributed by atoms with Crippen molar-refractivity contribution >= 4 is 34.3 Å². The van der Waals surface area contributed by atoms with Crippen molar-refractivity contribution in [1.82, 2.24) is 29.3 Å². The van der Waals surface area contributed by atoms with Gasteiger partial charge in [0.1, 0.15) is 12.4 Å². The summed E-state index contributed by atoms with van der Waals surface area (Å²) in [5.74, 6) is -0.185. The Labute approximate surface area is 278 Å². The lowest BCUT2D eigenvalue weighted by molar-refractivity contribution is -0.145. The molecule has 12 heteroatoms. The molecule has 1 saturated carbocycles. The molecular formula is C36H41FN8O3. The first-order chi connectivity index (χ1) is 23.3. The number of halogens is 1. The van der Waals surface area contributed by atoms with E-state index in [2.05, 4.69) is 32.3 Å². The highest BCUT2D eigenvalue weighted by Crippen LogP contribution is 2.41. The molecule has 1 fully saturated rings. The number of anilines is 3. The molecule has 0 atom stereocenters. The van der Waals surface area contributed by atoms with Crippen LogP contribution >= 0.6 is 0 Å². The summed E-state index contributed by atoms with van der Waals surface area (Å²) in [6.45, 7) is 2.03. The number of rotatable bonds is 15. The first-order valence-electron chi connectivity index (χ1n) is 16.7. The number of nitrogens with two attached hydrogens (primary N) is 1. The summed E-state index contributed by atoms with van der Waals surface area (Å²) >= 11 is 0. The minimum atomic E-state index is -0.552. The fourth-order valence-corrected chi connectivity index (χ4v) is 5.99. The fourth-order valence-electron chi connectivity index (χ4n) is 5.99. The van der Waals surface area contributed by atoms with E-state index in [1.54, 1.807) is 54.6 Å². The third-order valence-electron chi connectivity index (χ3n) is 8.66. The molecule has 48 heavy (non-hydrogen) atoms. The molecule has 6 rings (SSSR count). The number of ether oxygens (including phenoxy) is 1. The Hall–Kier alpha value is -5.13. The SMILES string of the molecule is CCCCCCCCCC(=O)OCc1c(-c2nc(N)nc(Nc3cnn(C)c3)n2)cccc1-n1ccc2cc(C3CC3)cc(F)c2c1=O. The summed E-state index contributed by atoms with van der Waals surface area (Å²) in [7, 11) is 1.79. The zero-order chi connectivity index (χ0) is 33.6. The van der Waals surface area contributed by atoms with E-state index in [0.717, 1.165) is 44.1 Å². The molecule has 0 amide bonds. The van der Waals surface area contributed by atoms with Crippen LogP contribution in [0.1, 0.15) is 88.2 Å². The average Bonchev–Trinajstić information content (AvgIpc) is 3.84. The number of benzene rings is 2. The van der Waals surface area contributed by atoms with E-state index in [4.69, 9.17) is 10.5 Å². The molecular weight excluding hydrogens is 611 g/mol. The maximum absolute atomic E-state index is 15.5. The van der Waals surface area contributed by atoms with Crippen LogP contribution in [0.25, 0.3) is 27.8 Å². The van der Waals surface area contributed by atoms with Crippen LogP contribution in [-0.4, -0.2) is 35.3 Å². The first-order valence-corrected chi connectivity index (χ1v) is 16.7. The Balaban J connectivity index is 1.34. The molecule has 0 spiro atoms. The fraction of sp³-hybridized carbons (Fsp3) is 0.389. The topological polar surface area (TPSA) is 143 Å². The highest BCUT2D eigenvalue weighted by Gasteiger charge is 2.26. The lowest BCUT2D eigenvalue weighted by atomic mass is 10.0. The molecule has 0 aliphatic heterocycles. The number of nitrogen functional groups attached to an aromatic ring is 1. The highest BCUT2D eigenvalue weighted by atomic mass is 19.1. The van der Waals surface area contributed by atoms with Gasteiger partial charge in [0.2, 0.25) is 11.9 Å². The molecule has 0 unspecified atom stereocenters. The van der Waals surface area contributed by atoms with Crippen molar-refractivity contribution in [2.75, 3.05) is 11.1 Å². The van der Waals surface area contributed by atoms with Gasteiger partial charge in [-0.1, -0.05) is 63.6 Å². The molecule has 3 heterocycles. The number of hydrogen-bond acceptors (Lipinski definition) is 9. The van der Waals surface area contributed by atoms with Crippen molar-refractivity contribution < 1.29 is 13.9 Å². The lowest BCUT2D eigenvalue weighted by Crippen LogP contribution is -2.21. The van der Waals surface area contributed by atoms with E-state index >= 15 is 4.39 Å². The summed E-state index contributed by atoms with van der Waals surface area (Å²) in [5, 5.41) is 7.79. The third-order valence-corrected chi connectivity index (χ3v) is 8.66. The number of fused-ring (bicyclic) bond motifs is 1. The van der Waals surface area contributed by atoms with Crippen LogP contribution in [0.4, 0.5) is 22.0 Å². The van der Waals surface area contributed by atoms with Gasteiger partial charge in [0.05, 0.1) is 23.0 Å². The average molecular weight is 653 g/mol. The molecule has 0 saturated heterocycles. The maximum Gasteiger partial charge on any atom is 0.306 e. The largest absolute Gasteiger partial charge is 0.461 e. The number of aromatic nitrogens is 6. The zero-order valence-corrected chi connectivity index (χ0v) is 27.4. The number of nitrogens with one attached hydrogen (secondary N) is 1. The van der Waals surface area contributed by atoms with Crippen molar-refractivity contribution in [3.05, 3.63) is 82.3 Å². The van der Waals surface area contributed by atoms with E-state index in [1.807, 2.05) is 6.07 Å². The number of unbranched alkanes of at least 4 members (excludes halogenated alkanes) is 6. The lowest BCUT2D eigenvalue weighted by Gasteiger charge is -2.17. The molecule has 3 N–H and O–H groups in total. The molecule has 2 aromatic carbocycles. The van der Waals surface area contributed by atoms with Gasteiger partial charge in [-0.2, -0.15) is 20.1 Å². The van der Waals surface area contributed by atoms with Gasteiger partial charge in [-0.3, -0.25) is 18.8 Å². The van der Waals surface area contributed by atoms with Crippen LogP contribution in [0.5, 0.6) is 0 Å². The molecule has 3 aromatic heterocycles. The number of pyridine rings is 1. The van der Waals surface area contributed by atoms with Gasteiger partial charge in [-0.05, 0) is 54.3 Å². The van der Waals surface area contributed by atoms with Gasteiger partial charge in [0, 0.05) is 37.0 Å². The Morgan fingerprint density at radius 1 is 1.06 bits per heavy atom. The number of nitrogens with zero attached hydrogens (tertiary/aromatic N) is 6. The number of aryl methyl sites for hydroxylation is 1. The van der Waals surface area contributed by atoms with Crippen LogP contribution in [-0.2, 0) is 23.2 Å². The van der Waals surface area contributed by atoms with Crippen molar-refractivity contribution in [3.63, 3.8) is 0 Å². The molecule has 5 aromatic rings. The third kappa shape index (κ3) is 7.70. The molecule has 1 aliphatic carbocycles. The van der Waals surface area contributed by atoms with Crippen molar-refractivity contribution in [3.8, 4) is 17.1 Å². The Kier molecular flexibility index (Phi) is 10.1. The quantitative estimate of drug-likeness (QED) is 0.0894. The number of carbonyl (C=O) groups excluding carboxylic acids is 1. The van der Waals surface area contributed by atoms with E-state index in [1.165, 1.54) is 29.9 Å². The summed E-state index contributed by atoms with van der Waals surface area (Å²) in [6.07, 6.45) is 14.9. The van der Waals surface area contributed by atoms with Crippen molar-refractivity contribution in [2.24, 2.45) is 7.05 Å². The van der Waals surface area contributed by atoms with Crippen LogP contribution < -0.4 is 16.6 Å². The predicted molar refractivity (Wildman–Crippen MR) is 184 cm³/mol. The van der Waals surface area contributed by atoms with Gasteiger partial charge in [-0.25, -0.2) is 4.39 Å². The van der Waals surface area contributed by atoms with Gasteiger partial charge < -0.3 is 15.8 Å². The summed E-state index contributed by atoms with van der Waals surface area (Å²) in [4.78, 5) is 40.0. The summed E-state index contributed by atoms with van der Waals surface area (Å²) in [5.41, 5.74) is 8.53. The maximum atomic E-state index is 15.5. The molecule has 250 valence electrons. The normalized spacial score (nSPS) is 12.8. The van der Waals surface area contributed by atoms with Crippen molar-refractivity contribution in [1.29, 1.82) is 0 Å². The first kappa shape index (κ1) is 32.8. The Morgan fingerprint density at radius 2 is 1.85 bits per heavy atom. The van der Waals surface area contributed by atoms with Gasteiger partial charge >= 0.3 is 5.97 Å². The highest BCUT2D eigenvalue weighted by molar-refractivity contribution is 5.84. The summed E-state index contributed by atoms with van der Waals surface area (Å²) in [6, 6.07) is 10.3. The minimum Gasteiger partial charge on any atom is -0.461 e. The van der Waals surface area contributed by atoms with Crippen LogP contribution in [0.3, 0.4) is 0 Å². The van der Waals surface area contributed by atoms with E-state index in [-0.39, 0.29) is 42.1 Å².